The van der Waals surface area contributed by atoms with Gasteiger partial charge in [0, 0.05) is 30.8 Å². The monoisotopic (exact) mass is 486 g/mol. The molecule has 1 unspecified atom stereocenters. The van der Waals surface area contributed by atoms with Crippen LogP contribution in [0.1, 0.15) is 73.4 Å². The van der Waals surface area contributed by atoms with Crippen LogP contribution in [0, 0.1) is 11.8 Å². The summed E-state index contributed by atoms with van der Waals surface area (Å²) in [7, 11) is 1.74. The van der Waals surface area contributed by atoms with E-state index in [9.17, 15) is 14.4 Å². The molecular weight excluding hydrogens is 452 g/mol. The lowest BCUT2D eigenvalue weighted by Gasteiger charge is -2.24. The van der Waals surface area contributed by atoms with Crippen molar-refractivity contribution in [3.8, 4) is 0 Å². The minimum absolute atomic E-state index is 0.0272. The highest BCUT2D eigenvalue weighted by Gasteiger charge is 2.30. The number of Topliss-reactive ketones (excluding diaryl/α,β-unsaturated/α-hetero) is 1. The van der Waals surface area contributed by atoms with Gasteiger partial charge in [0.05, 0.1) is 6.04 Å². The Morgan fingerprint density at radius 1 is 1.12 bits per heavy atom. The molecular formula is C25H34N4O4S. The van der Waals surface area contributed by atoms with E-state index < -0.39 is 6.04 Å². The zero-order valence-electron chi connectivity index (χ0n) is 20.2. The highest BCUT2D eigenvalue weighted by Crippen LogP contribution is 2.24. The number of nitrogens with one attached hydrogen (secondary N) is 1. The summed E-state index contributed by atoms with van der Waals surface area (Å²) in [4.78, 5) is 39.9. The number of nitrogens with zero attached hydrogens (tertiary/aromatic N) is 3. The van der Waals surface area contributed by atoms with Crippen molar-refractivity contribution < 1.29 is 18.8 Å². The normalized spacial score (nSPS) is 15.2. The lowest BCUT2D eigenvalue weighted by atomic mass is 9.88. The van der Waals surface area contributed by atoms with Crippen molar-refractivity contribution in [3.05, 3.63) is 41.8 Å². The van der Waals surface area contributed by atoms with Gasteiger partial charge in [-0.05, 0) is 37.3 Å². The fourth-order valence-corrected chi connectivity index (χ4v) is 4.82. The van der Waals surface area contributed by atoms with Gasteiger partial charge in [0.2, 0.25) is 11.7 Å². The molecule has 0 aliphatic heterocycles. The van der Waals surface area contributed by atoms with E-state index in [1.807, 2.05) is 32.0 Å². The third kappa shape index (κ3) is 7.41. The molecule has 9 heteroatoms. The molecule has 184 valence electrons. The van der Waals surface area contributed by atoms with E-state index in [0.29, 0.717) is 24.3 Å². The minimum atomic E-state index is -0.678. The van der Waals surface area contributed by atoms with E-state index in [-0.39, 0.29) is 40.5 Å². The number of amides is 2. The van der Waals surface area contributed by atoms with Crippen molar-refractivity contribution in [1.82, 2.24) is 20.4 Å². The summed E-state index contributed by atoms with van der Waals surface area (Å²) >= 11 is 1.29. The topological polar surface area (TPSA) is 105 Å². The van der Waals surface area contributed by atoms with E-state index in [1.165, 1.54) is 11.8 Å². The van der Waals surface area contributed by atoms with Crippen LogP contribution in [-0.4, -0.2) is 58.1 Å². The van der Waals surface area contributed by atoms with Crippen LogP contribution in [0.5, 0.6) is 0 Å². The van der Waals surface area contributed by atoms with Crippen LogP contribution >= 0.6 is 11.8 Å². The Morgan fingerprint density at radius 2 is 1.82 bits per heavy atom. The quantitative estimate of drug-likeness (QED) is 0.374. The maximum Gasteiger partial charge on any atom is 0.286 e. The number of aromatic nitrogens is 2. The van der Waals surface area contributed by atoms with Crippen LogP contribution in [0.4, 0.5) is 0 Å². The Morgan fingerprint density at radius 3 is 2.50 bits per heavy atom. The number of rotatable bonds is 11. The van der Waals surface area contributed by atoms with Gasteiger partial charge < -0.3 is 14.6 Å². The number of thioether (sulfide) groups is 1. The highest BCUT2D eigenvalue weighted by atomic mass is 32.2. The molecule has 1 N–H and O–H groups in total. The van der Waals surface area contributed by atoms with Gasteiger partial charge in [-0.25, -0.2) is 0 Å². The van der Waals surface area contributed by atoms with Gasteiger partial charge in [-0.3, -0.25) is 14.4 Å². The standard InChI is InChI=1S/C25H34N4O4S/c1-17(2)16-20(26-22(31)18-10-6-4-7-11-18)21(30)23-27-28-25(33-23)34-15-14-29(3)24(32)19-12-8-5-9-13-19/h5,8-9,12-13,17-18,20H,4,6-7,10-11,14-16H2,1-3H3,(H,26,31). The minimum Gasteiger partial charge on any atom is -0.408 e. The summed E-state index contributed by atoms with van der Waals surface area (Å²) < 4.78 is 5.60. The van der Waals surface area contributed by atoms with E-state index in [4.69, 9.17) is 4.42 Å². The molecule has 1 heterocycles. The van der Waals surface area contributed by atoms with Crippen molar-refractivity contribution in [1.29, 1.82) is 0 Å². The molecule has 8 nitrogen and oxygen atoms in total. The number of hydrogen-bond donors (Lipinski definition) is 1. The first-order valence-electron chi connectivity index (χ1n) is 12.0. The molecule has 0 saturated heterocycles. The maximum atomic E-state index is 13.1. The number of carbonyl (C=O) groups excluding carboxylic acids is 3. The summed E-state index contributed by atoms with van der Waals surface area (Å²) in [6, 6.07) is 8.41. The molecule has 1 aliphatic carbocycles. The predicted molar refractivity (Wildman–Crippen MR) is 131 cm³/mol. The fraction of sp³-hybridized carbons (Fsp3) is 0.560. The summed E-state index contributed by atoms with van der Waals surface area (Å²) in [5.74, 6) is 0.167. The van der Waals surface area contributed by atoms with Crippen LogP contribution < -0.4 is 5.32 Å². The molecule has 3 rings (SSSR count). The molecule has 2 amide bonds. The molecule has 0 radical (unpaired) electrons. The third-order valence-electron chi connectivity index (χ3n) is 5.95. The molecule has 1 aromatic carbocycles. The molecule has 1 saturated carbocycles. The summed E-state index contributed by atoms with van der Waals surface area (Å²) in [5.41, 5.74) is 0.632. The summed E-state index contributed by atoms with van der Waals surface area (Å²) in [6.45, 7) is 4.50. The summed E-state index contributed by atoms with van der Waals surface area (Å²) in [6.07, 6.45) is 5.52. The average Bonchev–Trinajstić information content (AvgIpc) is 3.32. The maximum absolute atomic E-state index is 13.1. The fourth-order valence-electron chi connectivity index (χ4n) is 4.05. The molecule has 1 aromatic heterocycles. The molecule has 0 bridgehead atoms. The Balaban J connectivity index is 1.54. The Hall–Kier alpha value is -2.68. The van der Waals surface area contributed by atoms with Crippen molar-refractivity contribution in [2.45, 2.75) is 63.6 Å². The van der Waals surface area contributed by atoms with Gasteiger partial charge in [-0.15, -0.1) is 10.2 Å². The van der Waals surface area contributed by atoms with Crippen molar-refractivity contribution in [3.63, 3.8) is 0 Å². The van der Waals surface area contributed by atoms with Crippen molar-refractivity contribution in [2.75, 3.05) is 19.3 Å². The number of benzene rings is 1. The largest absolute Gasteiger partial charge is 0.408 e. The Kier molecular flexibility index (Phi) is 9.68. The summed E-state index contributed by atoms with van der Waals surface area (Å²) in [5, 5.41) is 11.1. The first-order valence-corrected chi connectivity index (χ1v) is 12.9. The number of carbonyl (C=O) groups is 3. The van der Waals surface area contributed by atoms with Crippen LogP contribution in [-0.2, 0) is 4.79 Å². The van der Waals surface area contributed by atoms with E-state index in [1.54, 1.807) is 24.1 Å². The van der Waals surface area contributed by atoms with Crippen LogP contribution in [0.25, 0.3) is 0 Å². The SMILES string of the molecule is CC(C)CC(NC(=O)C1CCCCC1)C(=O)c1nnc(SCCN(C)C(=O)c2ccccc2)o1. The number of ketones is 1. The van der Waals surface area contributed by atoms with Crippen LogP contribution in [0.3, 0.4) is 0 Å². The van der Waals surface area contributed by atoms with Gasteiger partial charge in [0.1, 0.15) is 0 Å². The molecule has 0 spiro atoms. The van der Waals surface area contributed by atoms with Crippen molar-refractivity contribution >= 4 is 29.4 Å². The highest BCUT2D eigenvalue weighted by molar-refractivity contribution is 7.99. The Labute approximate surface area is 205 Å². The number of hydrogen-bond acceptors (Lipinski definition) is 7. The second-order valence-corrected chi connectivity index (χ2v) is 10.3. The van der Waals surface area contributed by atoms with Crippen molar-refractivity contribution in [2.24, 2.45) is 11.8 Å². The molecule has 1 aliphatic rings. The second-order valence-electron chi connectivity index (χ2n) is 9.20. The van der Waals surface area contributed by atoms with E-state index in [2.05, 4.69) is 15.5 Å². The molecule has 2 aromatic rings. The van der Waals surface area contributed by atoms with Gasteiger partial charge >= 0.3 is 0 Å². The average molecular weight is 487 g/mol. The first-order chi connectivity index (χ1) is 16.3. The third-order valence-corrected chi connectivity index (χ3v) is 6.75. The first kappa shape index (κ1) is 25.9. The lowest BCUT2D eigenvalue weighted by molar-refractivity contribution is -0.126. The molecule has 1 fully saturated rings. The van der Waals surface area contributed by atoms with Gasteiger partial charge in [-0.2, -0.15) is 0 Å². The molecule has 1 atom stereocenters. The second kappa shape index (κ2) is 12.7. The van der Waals surface area contributed by atoms with Gasteiger partial charge in [-0.1, -0.05) is 63.1 Å². The lowest BCUT2D eigenvalue weighted by Crippen LogP contribution is -2.45. The predicted octanol–water partition coefficient (Wildman–Crippen LogP) is 4.23. The molecule has 34 heavy (non-hydrogen) atoms. The zero-order chi connectivity index (χ0) is 24.5. The van der Waals surface area contributed by atoms with Crippen LogP contribution in [0.15, 0.2) is 40.0 Å². The van der Waals surface area contributed by atoms with Crippen LogP contribution in [0.2, 0.25) is 0 Å². The zero-order valence-corrected chi connectivity index (χ0v) is 21.0. The Bertz CT molecular complexity index is 957. The van der Waals surface area contributed by atoms with Gasteiger partial charge in [0.15, 0.2) is 0 Å². The van der Waals surface area contributed by atoms with E-state index in [0.717, 1.165) is 32.1 Å². The van der Waals surface area contributed by atoms with E-state index >= 15 is 0 Å². The van der Waals surface area contributed by atoms with Gasteiger partial charge in [0.25, 0.3) is 17.0 Å². The smallest absolute Gasteiger partial charge is 0.286 e.